The number of hydrogen-bond acceptors (Lipinski definition) is 3. The molecule has 0 heterocycles. The van der Waals surface area contributed by atoms with Crippen molar-refractivity contribution in [3.05, 3.63) is 0 Å². The van der Waals surface area contributed by atoms with Gasteiger partial charge < -0.3 is 0 Å². The minimum atomic E-state index is -1.77. The van der Waals surface area contributed by atoms with Crippen molar-refractivity contribution in [1.29, 1.82) is 0 Å². The molecular formula is C2H7N3O2S. The zero-order chi connectivity index (χ0) is 6.41. The third kappa shape index (κ3) is 5.54. The van der Waals surface area contributed by atoms with Gasteiger partial charge in [0.25, 0.3) is 11.3 Å². The summed E-state index contributed by atoms with van der Waals surface area (Å²) in [5.41, 5.74) is 2.12. The maximum atomic E-state index is 9.86. The fourth-order valence-electron chi connectivity index (χ4n) is 0.122. The van der Waals surface area contributed by atoms with E-state index in [0.29, 0.717) is 0 Å². The summed E-state index contributed by atoms with van der Waals surface area (Å²) in [7, 11) is 1.54. The Balaban J connectivity index is 3.05. The van der Waals surface area contributed by atoms with Gasteiger partial charge in [-0.3, -0.25) is 4.99 Å². The summed E-state index contributed by atoms with van der Waals surface area (Å²) in [4.78, 5) is 3.46. The highest BCUT2D eigenvalue weighted by Crippen LogP contribution is 1.61. The quantitative estimate of drug-likeness (QED) is 0.288. The minimum Gasteiger partial charge on any atom is -0.277 e. The molecule has 0 fully saturated rings. The van der Waals surface area contributed by atoms with Crippen LogP contribution in [0.15, 0.2) is 4.99 Å². The van der Waals surface area contributed by atoms with Gasteiger partial charge in [-0.1, -0.05) is 0 Å². The molecule has 0 aliphatic heterocycles. The van der Waals surface area contributed by atoms with Crippen LogP contribution in [-0.2, 0) is 15.6 Å². The third-order valence-corrected chi connectivity index (χ3v) is 0.573. The average Bonchev–Trinajstić information content (AvgIpc) is 1.66. The molecule has 1 unspecified atom stereocenters. The number of nitrogens with two attached hydrogens (primary N) is 1. The molecule has 6 heteroatoms. The largest absolute Gasteiger partial charge is 0.277 e. The first-order chi connectivity index (χ1) is 3.77. The Bertz CT molecular complexity index is 103. The van der Waals surface area contributed by atoms with Crippen LogP contribution in [-0.4, -0.2) is 17.6 Å². The zero-order valence-corrected chi connectivity index (χ0v) is 5.14. The van der Waals surface area contributed by atoms with Crippen LogP contribution in [0.3, 0.4) is 0 Å². The van der Waals surface area contributed by atoms with Gasteiger partial charge in [0.1, 0.15) is 6.34 Å². The number of rotatable bonds is 3. The Morgan fingerprint density at radius 3 is 3.00 bits per heavy atom. The Labute approximate surface area is 49.7 Å². The van der Waals surface area contributed by atoms with Crippen molar-refractivity contribution < 1.29 is 8.49 Å². The molecule has 0 aromatic heterocycles. The van der Waals surface area contributed by atoms with Crippen LogP contribution in [0.25, 0.3) is 0 Å². The molecule has 5 nitrogen and oxygen atoms in total. The lowest BCUT2D eigenvalue weighted by molar-refractivity contribution is 0.298. The van der Waals surface area contributed by atoms with Crippen LogP contribution in [0.5, 0.6) is 0 Å². The maximum Gasteiger partial charge on any atom is 0.254 e. The van der Waals surface area contributed by atoms with Crippen LogP contribution in [0.1, 0.15) is 0 Å². The molecule has 0 aliphatic rings. The minimum absolute atomic E-state index is 1.23. The van der Waals surface area contributed by atoms with E-state index in [9.17, 15) is 4.21 Å². The Hall–Kier alpha value is -0.460. The van der Waals surface area contributed by atoms with Crippen molar-refractivity contribution in [2.45, 2.75) is 0 Å². The first-order valence-corrected chi connectivity index (χ1v) is 2.91. The van der Waals surface area contributed by atoms with E-state index in [4.69, 9.17) is 0 Å². The van der Waals surface area contributed by atoms with Crippen molar-refractivity contribution in [3.8, 4) is 0 Å². The van der Waals surface area contributed by atoms with Crippen LogP contribution in [0.2, 0.25) is 0 Å². The van der Waals surface area contributed by atoms with E-state index in [1.165, 1.54) is 13.4 Å². The van der Waals surface area contributed by atoms with E-state index >= 15 is 0 Å². The molecule has 0 aromatic carbocycles. The highest BCUT2D eigenvalue weighted by Gasteiger charge is 1.82. The molecule has 0 aromatic rings. The molecule has 0 aliphatic carbocycles. The maximum absolute atomic E-state index is 9.86. The summed E-state index contributed by atoms with van der Waals surface area (Å²) in [6.45, 7) is 0. The molecule has 1 atom stereocenters. The van der Waals surface area contributed by atoms with Gasteiger partial charge in [-0.05, 0) is 0 Å². The lowest BCUT2D eigenvalue weighted by atomic mass is 11.3. The predicted molar refractivity (Wildman–Crippen MR) is 31.0 cm³/mol. The zero-order valence-electron chi connectivity index (χ0n) is 4.33. The molecule has 3 N–H and O–H groups in total. The predicted octanol–water partition coefficient (Wildman–Crippen LogP) is -1.30. The van der Waals surface area contributed by atoms with Gasteiger partial charge in [-0.25, -0.2) is 14.8 Å². The van der Waals surface area contributed by atoms with Crippen LogP contribution < -0.4 is 10.6 Å². The molecule has 48 valence electrons. The Kier molecular flexibility index (Phi) is 4.42. The second-order valence-corrected chi connectivity index (χ2v) is 1.54. The molecule has 0 spiro atoms. The van der Waals surface area contributed by atoms with Crippen molar-refractivity contribution in [1.82, 2.24) is 5.48 Å². The van der Waals surface area contributed by atoms with Gasteiger partial charge in [0.2, 0.25) is 0 Å². The smallest absolute Gasteiger partial charge is 0.254 e. The highest BCUT2D eigenvalue weighted by atomic mass is 32.2. The molecule has 0 saturated carbocycles. The summed E-state index contributed by atoms with van der Waals surface area (Å²) < 4.78 is 14.0. The molecular weight excluding hydrogens is 130 g/mol. The monoisotopic (exact) mass is 137 g/mol. The van der Waals surface area contributed by atoms with E-state index in [1.807, 2.05) is 0 Å². The lowest BCUT2D eigenvalue weighted by Crippen LogP contribution is -2.18. The number of aliphatic imine (C=N–C) groups is 1. The second-order valence-electron chi connectivity index (χ2n) is 0.849. The first kappa shape index (κ1) is 7.54. The summed E-state index contributed by atoms with van der Waals surface area (Å²) in [6.07, 6.45) is 1.23. The van der Waals surface area contributed by atoms with E-state index < -0.39 is 11.3 Å². The molecule has 0 bridgehead atoms. The Morgan fingerprint density at radius 2 is 2.62 bits per heavy atom. The van der Waals surface area contributed by atoms with Crippen molar-refractivity contribution in [2.24, 2.45) is 10.1 Å². The van der Waals surface area contributed by atoms with Gasteiger partial charge >= 0.3 is 0 Å². The van der Waals surface area contributed by atoms with Gasteiger partial charge in [0.05, 0.1) is 0 Å². The van der Waals surface area contributed by atoms with Crippen LogP contribution in [0.4, 0.5) is 0 Å². The van der Waals surface area contributed by atoms with Crippen molar-refractivity contribution >= 4 is 17.6 Å². The SMILES string of the molecule is CN=CNOS(N)=O. The average molecular weight is 137 g/mol. The van der Waals surface area contributed by atoms with E-state index in [2.05, 4.69) is 19.9 Å². The number of hydroxylamine groups is 1. The highest BCUT2D eigenvalue weighted by molar-refractivity contribution is 7.77. The fourth-order valence-corrected chi connectivity index (χ4v) is 0.260. The molecule has 0 rings (SSSR count). The lowest BCUT2D eigenvalue weighted by Gasteiger charge is -1.91. The number of nitrogens with zero attached hydrogens (tertiary/aromatic N) is 1. The Morgan fingerprint density at radius 1 is 2.00 bits per heavy atom. The summed E-state index contributed by atoms with van der Waals surface area (Å²) in [5.74, 6) is 0. The van der Waals surface area contributed by atoms with Gasteiger partial charge in [0.15, 0.2) is 0 Å². The second kappa shape index (κ2) is 4.69. The standard InChI is InChI=1S/C2H7N3O2S/c1-4-2-5-7-8(3)6/h2H,3H2,1H3,(H,4,5). The summed E-state index contributed by atoms with van der Waals surface area (Å²) in [6, 6.07) is 0. The number of nitrogens with one attached hydrogen (secondary N) is 1. The first-order valence-electron chi connectivity index (χ1n) is 1.77. The molecule has 0 saturated heterocycles. The van der Waals surface area contributed by atoms with Crippen LogP contribution in [0, 0.1) is 0 Å². The van der Waals surface area contributed by atoms with Crippen molar-refractivity contribution in [3.63, 3.8) is 0 Å². The molecule has 0 amide bonds. The number of hydrogen-bond donors (Lipinski definition) is 2. The molecule has 0 radical (unpaired) electrons. The summed E-state index contributed by atoms with van der Waals surface area (Å²) in [5, 5.41) is 4.66. The van der Waals surface area contributed by atoms with Gasteiger partial charge in [0, 0.05) is 7.05 Å². The van der Waals surface area contributed by atoms with E-state index in [0.717, 1.165) is 0 Å². The van der Waals surface area contributed by atoms with Gasteiger partial charge in [-0.2, -0.15) is 4.28 Å². The fraction of sp³-hybridized carbons (Fsp3) is 0.500. The van der Waals surface area contributed by atoms with E-state index in [1.54, 1.807) is 0 Å². The summed E-state index contributed by atoms with van der Waals surface area (Å²) >= 11 is -1.77. The normalized spacial score (nSPS) is 14.2. The van der Waals surface area contributed by atoms with Crippen molar-refractivity contribution in [2.75, 3.05) is 7.05 Å². The van der Waals surface area contributed by atoms with Crippen LogP contribution >= 0.6 is 0 Å². The third-order valence-electron chi connectivity index (χ3n) is 0.312. The topological polar surface area (TPSA) is 76.7 Å². The van der Waals surface area contributed by atoms with Gasteiger partial charge in [-0.15, -0.1) is 0 Å². The van der Waals surface area contributed by atoms with E-state index in [-0.39, 0.29) is 0 Å². The molecule has 8 heavy (non-hydrogen) atoms.